The second-order valence-corrected chi connectivity index (χ2v) is 9.61. The number of aromatic nitrogens is 3. The van der Waals surface area contributed by atoms with Gasteiger partial charge in [-0.1, -0.05) is 66.2 Å². The molecule has 3 aromatic carbocycles. The monoisotopic (exact) mass is 541 g/mol. The van der Waals surface area contributed by atoms with Gasteiger partial charge in [0.2, 0.25) is 0 Å². The highest BCUT2D eigenvalue weighted by Crippen LogP contribution is 2.31. The van der Waals surface area contributed by atoms with Gasteiger partial charge >= 0.3 is 6.03 Å². The third-order valence-electron chi connectivity index (χ3n) is 5.38. The SMILES string of the molecule is CCc1ccc(NC(=O)NCc2nnc(SCc3cccc(OC)c3)n2-c2cc(Cl)ccc2Cl)cc1. The first kappa shape index (κ1) is 25.9. The van der Waals surface area contributed by atoms with Crippen LogP contribution in [-0.2, 0) is 18.7 Å². The molecule has 1 aromatic heterocycles. The predicted octanol–water partition coefficient (Wildman–Crippen LogP) is 6.76. The average molecular weight is 542 g/mol. The van der Waals surface area contributed by atoms with Crippen LogP contribution in [0.3, 0.4) is 0 Å². The van der Waals surface area contributed by atoms with Crippen LogP contribution in [0.1, 0.15) is 23.9 Å². The molecule has 2 N–H and O–H groups in total. The molecule has 36 heavy (non-hydrogen) atoms. The van der Waals surface area contributed by atoms with Gasteiger partial charge in [0.25, 0.3) is 0 Å². The molecule has 0 aliphatic heterocycles. The van der Waals surface area contributed by atoms with Crippen LogP contribution < -0.4 is 15.4 Å². The average Bonchev–Trinajstić information content (AvgIpc) is 3.30. The number of halogens is 2. The van der Waals surface area contributed by atoms with Crippen LogP contribution in [0.25, 0.3) is 5.69 Å². The number of benzene rings is 3. The molecular weight excluding hydrogens is 517 g/mol. The summed E-state index contributed by atoms with van der Waals surface area (Å²) >= 11 is 14.3. The lowest BCUT2D eigenvalue weighted by atomic mass is 10.1. The first-order valence-corrected chi connectivity index (χ1v) is 13.0. The third-order valence-corrected chi connectivity index (χ3v) is 6.93. The van der Waals surface area contributed by atoms with Crippen molar-refractivity contribution in [2.75, 3.05) is 12.4 Å². The molecule has 0 aliphatic rings. The van der Waals surface area contributed by atoms with Crippen LogP contribution in [0.15, 0.2) is 71.9 Å². The Kier molecular flexibility index (Phi) is 8.74. The lowest BCUT2D eigenvalue weighted by Crippen LogP contribution is -2.29. The van der Waals surface area contributed by atoms with Crippen LogP contribution >= 0.6 is 35.0 Å². The Balaban J connectivity index is 1.53. The predicted molar refractivity (Wildman–Crippen MR) is 146 cm³/mol. The second-order valence-electron chi connectivity index (χ2n) is 7.83. The van der Waals surface area contributed by atoms with Crippen LogP contribution in [0.2, 0.25) is 10.0 Å². The van der Waals surface area contributed by atoms with Gasteiger partial charge in [-0.15, -0.1) is 10.2 Å². The van der Waals surface area contributed by atoms with Crippen molar-refractivity contribution in [2.24, 2.45) is 0 Å². The van der Waals surface area contributed by atoms with Gasteiger partial charge in [0.1, 0.15) is 5.75 Å². The number of urea groups is 1. The summed E-state index contributed by atoms with van der Waals surface area (Å²) in [6.07, 6.45) is 0.937. The molecule has 2 amide bonds. The van der Waals surface area contributed by atoms with Gasteiger partial charge < -0.3 is 15.4 Å². The number of nitrogens with zero attached hydrogens (tertiary/aromatic N) is 3. The van der Waals surface area contributed by atoms with Crippen molar-refractivity contribution >= 4 is 46.7 Å². The van der Waals surface area contributed by atoms with E-state index >= 15 is 0 Å². The largest absolute Gasteiger partial charge is 0.497 e. The van der Waals surface area contributed by atoms with E-state index in [2.05, 4.69) is 27.8 Å². The van der Waals surface area contributed by atoms with Gasteiger partial charge in [0.05, 0.1) is 24.4 Å². The molecule has 0 radical (unpaired) electrons. The van der Waals surface area contributed by atoms with E-state index in [4.69, 9.17) is 27.9 Å². The van der Waals surface area contributed by atoms with Crippen molar-refractivity contribution in [3.05, 3.63) is 93.7 Å². The summed E-state index contributed by atoms with van der Waals surface area (Å²) in [6.45, 7) is 2.22. The number of carbonyl (C=O) groups is 1. The lowest BCUT2D eigenvalue weighted by Gasteiger charge is -2.13. The van der Waals surface area contributed by atoms with Crippen molar-refractivity contribution < 1.29 is 9.53 Å². The number of rotatable bonds is 9. The van der Waals surface area contributed by atoms with Crippen LogP contribution in [0.5, 0.6) is 5.75 Å². The number of ether oxygens (including phenoxy) is 1. The van der Waals surface area contributed by atoms with Crippen molar-refractivity contribution in [2.45, 2.75) is 30.8 Å². The zero-order valence-electron chi connectivity index (χ0n) is 19.8. The number of thioether (sulfide) groups is 1. The van der Waals surface area contributed by atoms with E-state index in [0.29, 0.717) is 38.2 Å². The second kappa shape index (κ2) is 12.2. The topological polar surface area (TPSA) is 81.1 Å². The maximum atomic E-state index is 12.5. The smallest absolute Gasteiger partial charge is 0.319 e. The molecule has 0 spiro atoms. The molecule has 7 nitrogen and oxygen atoms in total. The van der Waals surface area contributed by atoms with Gasteiger partial charge in [-0.3, -0.25) is 4.57 Å². The van der Waals surface area contributed by atoms with Gasteiger partial charge in [0.15, 0.2) is 11.0 Å². The lowest BCUT2D eigenvalue weighted by molar-refractivity contribution is 0.251. The molecular formula is C26H25Cl2N5O2S. The number of nitrogens with one attached hydrogen (secondary N) is 2. The quantitative estimate of drug-likeness (QED) is 0.229. The minimum atomic E-state index is -0.350. The fraction of sp³-hybridized carbons (Fsp3) is 0.192. The number of anilines is 1. The van der Waals surface area contributed by atoms with E-state index in [-0.39, 0.29) is 12.6 Å². The van der Waals surface area contributed by atoms with Crippen molar-refractivity contribution in [1.82, 2.24) is 20.1 Å². The van der Waals surface area contributed by atoms with Gasteiger partial charge in [-0.05, 0) is 60.0 Å². The van der Waals surface area contributed by atoms with Crippen LogP contribution in [0, 0.1) is 0 Å². The Morgan fingerprint density at radius 2 is 1.83 bits per heavy atom. The molecule has 4 rings (SSSR count). The molecule has 4 aromatic rings. The molecule has 0 atom stereocenters. The van der Waals surface area contributed by atoms with Crippen molar-refractivity contribution in [3.8, 4) is 11.4 Å². The van der Waals surface area contributed by atoms with Crippen molar-refractivity contribution in [1.29, 1.82) is 0 Å². The number of hydrogen-bond donors (Lipinski definition) is 2. The minimum absolute atomic E-state index is 0.133. The number of aryl methyl sites for hydroxylation is 1. The standard InChI is InChI=1S/C26H25Cl2N5O2S/c1-3-17-7-10-20(11-8-17)30-25(34)29-15-24-31-32-26(33(24)23-14-19(27)9-12-22(23)28)36-16-18-5-4-6-21(13-18)35-2/h4-14H,3,15-16H2,1-2H3,(H2,29,30,34). The Morgan fingerprint density at radius 1 is 1.03 bits per heavy atom. The molecule has 0 fully saturated rings. The van der Waals surface area contributed by atoms with Crippen LogP contribution in [0.4, 0.5) is 10.5 Å². The summed E-state index contributed by atoms with van der Waals surface area (Å²) < 4.78 is 7.14. The summed E-state index contributed by atoms with van der Waals surface area (Å²) in [5.41, 5.74) is 3.61. The van der Waals surface area contributed by atoms with E-state index in [0.717, 1.165) is 17.7 Å². The Hall–Kier alpha value is -3.20. The summed E-state index contributed by atoms with van der Waals surface area (Å²) in [4.78, 5) is 12.5. The Bertz CT molecular complexity index is 1340. The van der Waals surface area contributed by atoms with E-state index in [1.165, 1.54) is 17.3 Å². The fourth-order valence-electron chi connectivity index (χ4n) is 3.48. The molecule has 0 aliphatic carbocycles. The molecule has 1 heterocycles. The Labute approximate surface area is 224 Å². The first-order valence-electron chi connectivity index (χ1n) is 11.3. The van der Waals surface area contributed by atoms with Crippen LogP contribution in [-0.4, -0.2) is 27.9 Å². The molecule has 0 unspecified atom stereocenters. The molecule has 0 saturated heterocycles. The Morgan fingerprint density at radius 3 is 2.58 bits per heavy atom. The molecule has 186 valence electrons. The van der Waals surface area contributed by atoms with Gasteiger partial charge in [-0.25, -0.2) is 4.79 Å². The highest BCUT2D eigenvalue weighted by Gasteiger charge is 2.18. The van der Waals surface area contributed by atoms with Gasteiger partial charge in [0, 0.05) is 16.5 Å². The maximum absolute atomic E-state index is 12.5. The minimum Gasteiger partial charge on any atom is -0.497 e. The summed E-state index contributed by atoms with van der Waals surface area (Å²) in [5.74, 6) is 1.94. The third kappa shape index (κ3) is 6.51. The highest BCUT2D eigenvalue weighted by atomic mass is 35.5. The maximum Gasteiger partial charge on any atom is 0.319 e. The summed E-state index contributed by atoms with van der Waals surface area (Å²) in [7, 11) is 1.64. The number of carbonyl (C=O) groups excluding carboxylic acids is 1. The molecule has 0 saturated carbocycles. The normalized spacial score (nSPS) is 10.8. The van der Waals surface area contributed by atoms with E-state index < -0.39 is 0 Å². The van der Waals surface area contributed by atoms with E-state index in [1.54, 1.807) is 25.3 Å². The highest BCUT2D eigenvalue weighted by molar-refractivity contribution is 7.98. The zero-order chi connectivity index (χ0) is 25.5. The number of hydrogen-bond acceptors (Lipinski definition) is 5. The van der Waals surface area contributed by atoms with Crippen molar-refractivity contribution in [3.63, 3.8) is 0 Å². The number of amides is 2. The first-order chi connectivity index (χ1) is 17.5. The number of methoxy groups -OCH3 is 1. The fourth-order valence-corrected chi connectivity index (χ4v) is 4.75. The summed E-state index contributed by atoms with van der Waals surface area (Å²) in [6, 6.07) is 20.4. The zero-order valence-corrected chi connectivity index (χ0v) is 22.1. The van der Waals surface area contributed by atoms with E-state index in [9.17, 15) is 4.79 Å². The summed E-state index contributed by atoms with van der Waals surface area (Å²) in [5, 5.41) is 16.0. The molecule has 0 bridgehead atoms. The molecule has 10 heteroatoms. The van der Waals surface area contributed by atoms with Gasteiger partial charge in [-0.2, -0.15) is 0 Å². The van der Waals surface area contributed by atoms with E-state index in [1.807, 2.05) is 53.1 Å².